The smallest absolute Gasteiger partial charge is 0.131 e. The Morgan fingerprint density at radius 1 is 0.583 bits per heavy atom. The lowest BCUT2D eigenvalue weighted by Gasteiger charge is -2.27. The van der Waals surface area contributed by atoms with Crippen LogP contribution in [0.25, 0.3) is 0 Å². The Balaban J connectivity index is 1.69. The standard InChI is InChI=1S/C17H31N7/c1-2-16(23-12-8-18-4-5-19-9-13-23)22-17(3-1)24-14-10-20-6-7-21-11-15-24/h1-3,18-21H,4-15H2. The van der Waals surface area contributed by atoms with Crippen molar-refractivity contribution >= 4 is 11.6 Å². The van der Waals surface area contributed by atoms with Crippen molar-refractivity contribution in [2.75, 3.05) is 88.3 Å². The van der Waals surface area contributed by atoms with Crippen LogP contribution in [0.15, 0.2) is 18.2 Å². The van der Waals surface area contributed by atoms with Crippen LogP contribution in [0.4, 0.5) is 11.6 Å². The highest BCUT2D eigenvalue weighted by molar-refractivity contribution is 5.49. The second-order valence-corrected chi connectivity index (χ2v) is 6.33. The molecule has 0 amide bonds. The molecule has 0 bridgehead atoms. The van der Waals surface area contributed by atoms with E-state index in [4.69, 9.17) is 4.98 Å². The summed E-state index contributed by atoms with van der Waals surface area (Å²) >= 11 is 0. The third-order valence-electron chi connectivity index (χ3n) is 4.56. The van der Waals surface area contributed by atoms with E-state index in [1.54, 1.807) is 0 Å². The molecule has 4 N–H and O–H groups in total. The molecule has 0 aliphatic carbocycles. The Morgan fingerprint density at radius 2 is 0.958 bits per heavy atom. The first-order chi connectivity index (χ1) is 11.9. The third-order valence-corrected chi connectivity index (χ3v) is 4.56. The lowest BCUT2D eigenvalue weighted by Crippen LogP contribution is -2.36. The summed E-state index contributed by atoms with van der Waals surface area (Å²) < 4.78 is 0. The fourth-order valence-corrected chi connectivity index (χ4v) is 3.16. The van der Waals surface area contributed by atoms with Crippen LogP contribution in [0, 0.1) is 0 Å². The molecule has 0 atom stereocenters. The summed E-state index contributed by atoms with van der Waals surface area (Å²) in [5, 5.41) is 13.9. The van der Waals surface area contributed by atoms with Gasteiger partial charge < -0.3 is 31.1 Å². The van der Waals surface area contributed by atoms with Crippen LogP contribution in [0.5, 0.6) is 0 Å². The number of anilines is 2. The zero-order chi connectivity index (χ0) is 16.5. The Kier molecular flexibility index (Phi) is 7.10. The maximum atomic E-state index is 4.97. The van der Waals surface area contributed by atoms with Gasteiger partial charge in [-0.05, 0) is 12.1 Å². The molecule has 1 aromatic rings. The molecule has 134 valence electrons. The molecule has 2 saturated heterocycles. The number of hydrogen-bond acceptors (Lipinski definition) is 7. The highest BCUT2D eigenvalue weighted by atomic mass is 15.3. The van der Waals surface area contributed by atoms with E-state index in [-0.39, 0.29) is 0 Å². The largest absolute Gasteiger partial charge is 0.354 e. The molecule has 0 saturated carbocycles. The molecule has 2 aliphatic heterocycles. The molecule has 0 unspecified atom stereocenters. The first-order valence-electron chi connectivity index (χ1n) is 9.23. The van der Waals surface area contributed by atoms with Gasteiger partial charge in [0.2, 0.25) is 0 Å². The molecule has 0 spiro atoms. The topological polar surface area (TPSA) is 67.5 Å². The molecule has 7 nitrogen and oxygen atoms in total. The first-order valence-corrected chi connectivity index (χ1v) is 9.23. The molecule has 1 aromatic heterocycles. The monoisotopic (exact) mass is 333 g/mol. The summed E-state index contributed by atoms with van der Waals surface area (Å²) in [6, 6.07) is 6.40. The molecule has 0 aromatic carbocycles. The Hall–Kier alpha value is -1.41. The van der Waals surface area contributed by atoms with Gasteiger partial charge in [0, 0.05) is 78.5 Å². The number of aromatic nitrogens is 1. The highest BCUT2D eigenvalue weighted by Crippen LogP contribution is 2.17. The van der Waals surface area contributed by atoms with Crippen LogP contribution in [-0.2, 0) is 0 Å². The van der Waals surface area contributed by atoms with Crippen LogP contribution < -0.4 is 31.1 Å². The fourth-order valence-electron chi connectivity index (χ4n) is 3.16. The number of hydrogen-bond donors (Lipinski definition) is 4. The van der Waals surface area contributed by atoms with E-state index in [0.717, 1.165) is 90.2 Å². The maximum Gasteiger partial charge on any atom is 0.131 e. The van der Waals surface area contributed by atoms with Gasteiger partial charge in [0.1, 0.15) is 11.6 Å². The second kappa shape index (κ2) is 9.78. The number of pyridine rings is 1. The lowest BCUT2D eigenvalue weighted by molar-refractivity contribution is 0.652. The summed E-state index contributed by atoms with van der Waals surface area (Å²) in [7, 11) is 0. The minimum atomic E-state index is 1.00. The van der Waals surface area contributed by atoms with E-state index in [2.05, 4.69) is 49.3 Å². The first kappa shape index (κ1) is 17.4. The quantitative estimate of drug-likeness (QED) is 0.558. The number of nitrogens with zero attached hydrogens (tertiary/aromatic N) is 3. The van der Waals surface area contributed by atoms with Gasteiger partial charge in [-0.25, -0.2) is 4.98 Å². The van der Waals surface area contributed by atoms with Gasteiger partial charge in [0.05, 0.1) is 0 Å². The van der Waals surface area contributed by atoms with Gasteiger partial charge in [-0.1, -0.05) is 6.07 Å². The van der Waals surface area contributed by atoms with E-state index in [1.165, 1.54) is 0 Å². The normalized spacial score (nSPS) is 21.8. The Morgan fingerprint density at radius 3 is 1.33 bits per heavy atom. The number of rotatable bonds is 2. The van der Waals surface area contributed by atoms with Crippen molar-refractivity contribution in [1.29, 1.82) is 0 Å². The average molecular weight is 333 g/mol. The van der Waals surface area contributed by atoms with Crippen molar-refractivity contribution < 1.29 is 0 Å². The molecule has 24 heavy (non-hydrogen) atoms. The molecular formula is C17H31N7. The van der Waals surface area contributed by atoms with E-state index in [9.17, 15) is 0 Å². The molecule has 7 heteroatoms. The fraction of sp³-hybridized carbons (Fsp3) is 0.706. The van der Waals surface area contributed by atoms with Gasteiger partial charge >= 0.3 is 0 Å². The minimum absolute atomic E-state index is 1.00. The van der Waals surface area contributed by atoms with Gasteiger partial charge in [-0.2, -0.15) is 0 Å². The van der Waals surface area contributed by atoms with E-state index < -0.39 is 0 Å². The SMILES string of the molecule is c1cc(N2CCNCCNCC2)nc(N2CCNCCNCC2)c1. The summed E-state index contributed by atoms with van der Waals surface area (Å²) in [6.07, 6.45) is 0. The van der Waals surface area contributed by atoms with Crippen LogP contribution in [0.2, 0.25) is 0 Å². The van der Waals surface area contributed by atoms with Crippen molar-refractivity contribution in [2.24, 2.45) is 0 Å². The van der Waals surface area contributed by atoms with E-state index >= 15 is 0 Å². The average Bonchev–Trinajstić information content (AvgIpc) is 2.85. The Labute approximate surface area is 145 Å². The van der Waals surface area contributed by atoms with Gasteiger partial charge in [0.15, 0.2) is 0 Å². The van der Waals surface area contributed by atoms with Crippen molar-refractivity contribution in [3.63, 3.8) is 0 Å². The summed E-state index contributed by atoms with van der Waals surface area (Å²) in [5.74, 6) is 2.16. The lowest BCUT2D eigenvalue weighted by atomic mass is 10.3. The zero-order valence-electron chi connectivity index (χ0n) is 14.6. The molecule has 3 rings (SSSR count). The van der Waals surface area contributed by atoms with Crippen LogP contribution in [-0.4, -0.2) is 83.5 Å². The highest BCUT2D eigenvalue weighted by Gasteiger charge is 2.13. The van der Waals surface area contributed by atoms with Crippen molar-refractivity contribution in [1.82, 2.24) is 26.3 Å². The minimum Gasteiger partial charge on any atom is -0.354 e. The third kappa shape index (κ3) is 5.31. The molecule has 2 aliphatic rings. The Bertz CT molecular complexity index is 423. The van der Waals surface area contributed by atoms with Gasteiger partial charge in [-0.3, -0.25) is 0 Å². The predicted molar refractivity (Wildman–Crippen MR) is 100 cm³/mol. The van der Waals surface area contributed by atoms with Crippen LogP contribution in [0.3, 0.4) is 0 Å². The maximum absolute atomic E-state index is 4.97. The van der Waals surface area contributed by atoms with Gasteiger partial charge in [-0.15, -0.1) is 0 Å². The van der Waals surface area contributed by atoms with Crippen molar-refractivity contribution in [3.05, 3.63) is 18.2 Å². The van der Waals surface area contributed by atoms with Crippen LogP contribution in [0.1, 0.15) is 0 Å². The molecule has 3 heterocycles. The summed E-state index contributed by atoms with van der Waals surface area (Å²) in [6.45, 7) is 12.2. The van der Waals surface area contributed by atoms with E-state index in [1.807, 2.05) is 0 Å². The summed E-state index contributed by atoms with van der Waals surface area (Å²) in [4.78, 5) is 9.72. The predicted octanol–water partition coefficient (Wildman–Crippen LogP) is -0.920. The molecule has 2 fully saturated rings. The molecule has 0 radical (unpaired) electrons. The van der Waals surface area contributed by atoms with Gasteiger partial charge in [0.25, 0.3) is 0 Å². The molecular weight excluding hydrogens is 302 g/mol. The van der Waals surface area contributed by atoms with E-state index in [0.29, 0.717) is 0 Å². The zero-order valence-corrected chi connectivity index (χ0v) is 14.6. The summed E-state index contributed by atoms with van der Waals surface area (Å²) in [5.41, 5.74) is 0. The van der Waals surface area contributed by atoms with Crippen molar-refractivity contribution in [3.8, 4) is 0 Å². The second-order valence-electron chi connectivity index (χ2n) is 6.33. The van der Waals surface area contributed by atoms with Crippen molar-refractivity contribution in [2.45, 2.75) is 0 Å². The number of nitrogens with one attached hydrogen (secondary N) is 4. The van der Waals surface area contributed by atoms with Crippen LogP contribution >= 0.6 is 0 Å².